The van der Waals surface area contributed by atoms with Crippen molar-refractivity contribution in [3.8, 4) is 0 Å². The maximum Gasteiger partial charge on any atom is 0.154 e. The fraction of sp³-hybridized carbons (Fsp3) is 0.600. The predicted octanol–water partition coefficient (Wildman–Crippen LogP) is 3.25. The third-order valence-corrected chi connectivity index (χ3v) is 2.37. The molecule has 0 aliphatic heterocycles. The molecule has 0 spiro atoms. The van der Waals surface area contributed by atoms with E-state index in [4.69, 9.17) is 11.6 Å². The highest BCUT2D eigenvalue weighted by Gasteiger charge is 1.99. The Bertz CT molecular complexity index is 250. The second-order valence-corrected chi connectivity index (χ2v) is 3.52. The molecule has 1 aromatic rings. The summed E-state index contributed by atoms with van der Waals surface area (Å²) in [4.78, 5) is 0. The molecule has 1 rings (SSSR count). The smallest absolute Gasteiger partial charge is 0.154 e. The van der Waals surface area contributed by atoms with Crippen LogP contribution in [0.1, 0.15) is 38.2 Å². The van der Waals surface area contributed by atoms with Gasteiger partial charge in [0.05, 0.1) is 0 Å². The van der Waals surface area contributed by atoms with E-state index in [2.05, 4.69) is 17.1 Å². The molecule has 0 bridgehead atoms. The first-order chi connectivity index (χ1) is 6.34. The van der Waals surface area contributed by atoms with Crippen LogP contribution < -0.4 is 0 Å². The molecule has 0 fully saturated rings. The van der Waals surface area contributed by atoms with Crippen LogP contribution in [0.15, 0.2) is 12.3 Å². The quantitative estimate of drug-likeness (QED) is 0.679. The first-order valence-electron chi connectivity index (χ1n) is 4.80. The van der Waals surface area contributed by atoms with Crippen molar-refractivity contribution in [3.05, 3.63) is 23.0 Å². The Morgan fingerprint density at radius 2 is 2.15 bits per heavy atom. The van der Waals surface area contributed by atoms with Crippen LogP contribution in [-0.4, -0.2) is 10.2 Å². The molecule has 1 aromatic heterocycles. The Labute approximate surface area is 84.3 Å². The van der Waals surface area contributed by atoms with E-state index in [-0.39, 0.29) is 0 Å². The van der Waals surface area contributed by atoms with Gasteiger partial charge in [0.2, 0.25) is 0 Å². The molecule has 0 saturated heterocycles. The normalized spacial score (nSPS) is 10.3. The van der Waals surface area contributed by atoms with Crippen molar-refractivity contribution in [2.75, 3.05) is 0 Å². The fourth-order valence-electron chi connectivity index (χ4n) is 1.27. The first kappa shape index (κ1) is 10.5. The van der Waals surface area contributed by atoms with Crippen molar-refractivity contribution in [1.82, 2.24) is 10.2 Å². The molecule has 0 atom stereocenters. The fourth-order valence-corrected chi connectivity index (χ4v) is 1.47. The van der Waals surface area contributed by atoms with Gasteiger partial charge in [0, 0.05) is 6.20 Å². The number of rotatable bonds is 5. The molecule has 0 aromatic carbocycles. The van der Waals surface area contributed by atoms with Gasteiger partial charge < -0.3 is 0 Å². The third-order valence-electron chi connectivity index (χ3n) is 2.05. The van der Waals surface area contributed by atoms with Crippen molar-refractivity contribution < 1.29 is 0 Å². The summed E-state index contributed by atoms with van der Waals surface area (Å²) in [7, 11) is 0. The predicted molar refractivity (Wildman–Crippen MR) is 54.9 cm³/mol. The number of hydrogen-bond donors (Lipinski definition) is 0. The summed E-state index contributed by atoms with van der Waals surface area (Å²) < 4.78 is 0. The van der Waals surface area contributed by atoms with Crippen LogP contribution >= 0.6 is 11.6 Å². The van der Waals surface area contributed by atoms with Gasteiger partial charge in [0.15, 0.2) is 5.15 Å². The van der Waals surface area contributed by atoms with Gasteiger partial charge in [-0.2, -0.15) is 5.10 Å². The Balaban J connectivity index is 2.32. The molecule has 0 N–H and O–H groups in total. The molecular formula is C10H15ClN2. The number of unbranched alkanes of at least 4 members (excludes halogenated alkanes) is 3. The van der Waals surface area contributed by atoms with Crippen LogP contribution in [0.3, 0.4) is 0 Å². The first-order valence-corrected chi connectivity index (χ1v) is 5.18. The molecule has 0 radical (unpaired) electrons. The number of halogens is 1. The van der Waals surface area contributed by atoms with Crippen LogP contribution in [0.25, 0.3) is 0 Å². The van der Waals surface area contributed by atoms with Gasteiger partial charge in [-0.3, -0.25) is 0 Å². The molecule has 0 amide bonds. The zero-order valence-corrected chi connectivity index (χ0v) is 8.72. The lowest BCUT2D eigenvalue weighted by Gasteiger charge is -2.01. The average molecular weight is 199 g/mol. The van der Waals surface area contributed by atoms with Crippen molar-refractivity contribution in [2.45, 2.75) is 39.0 Å². The van der Waals surface area contributed by atoms with E-state index in [1.54, 1.807) is 6.20 Å². The molecule has 0 unspecified atom stereocenters. The molecule has 1 heterocycles. The monoisotopic (exact) mass is 198 g/mol. The van der Waals surface area contributed by atoms with Crippen LogP contribution in [0.4, 0.5) is 0 Å². The van der Waals surface area contributed by atoms with Gasteiger partial charge in [-0.25, -0.2) is 0 Å². The molecule has 0 aliphatic rings. The lowest BCUT2D eigenvalue weighted by atomic mass is 10.1. The molecule has 13 heavy (non-hydrogen) atoms. The van der Waals surface area contributed by atoms with Gasteiger partial charge in [-0.05, 0) is 24.5 Å². The highest BCUT2D eigenvalue weighted by molar-refractivity contribution is 6.30. The van der Waals surface area contributed by atoms with E-state index in [1.165, 1.54) is 25.7 Å². The molecule has 2 nitrogen and oxygen atoms in total. The topological polar surface area (TPSA) is 25.8 Å². The average Bonchev–Trinajstić information content (AvgIpc) is 2.15. The van der Waals surface area contributed by atoms with E-state index in [9.17, 15) is 0 Å². The van der Waals surface area contributed by atoms with E-state index in [0.29, 0.717) is 5.15 Å². The minimum Gasteiger partial charge on any atom is -0.158 e. The highest BCUT2D eigenvalue weighted by Crippen LogP contribution is 2.14. The van der Waals surface area contributed by atoms with Gasteiger partial charge >= 0.3 is 0 Å². The summed E-state index contributed by atoms with van der Waals surface area (Å²) in [6.07, 6.45) is 7.75. The summed E-state index contributed by atoms with van der Waals surface area (Å²) in [5.74, 6) is 0. The largest absolute Gasteiger partial charge is 0.158 e. The van der Waals surface area contributed by atoms with Crippen molar-refractivity contribution in [3.63, 3.8) is 0 Å². The van der Waals surface area contributed by atoms with E-state index >= 15 is 0 Å². The molecule has 72 valence electrons. The van der Waals surface area contributed by atoms with E-state index < -0.39 is 0 Å². The van der Waals surface area contributed by atoms with Gasteiger partial charge in [-0.15, -0.1) is 5.10 Å². The second-order valence-electron chi connectivity index (χ2n) is 3.16. The summed E-state index contributed by atoms with van der Waals surface area (Å²) in [5.41, 5.74) is 1.12. The Hall–Kier alpha value is -0.630. The van der Waals surface area contributed by atoms with Crippen LogP contribution in [0.2, 0.25) is 5.15 Å². The number of aryl methyl sites for hydroxylation is 1. The van der Waals surface area contributed by atoms with Crippen molar-refractivity contribution >= 4 is 11.6 Å². The van der Waals surface area contributed by atoms with E-state index in [0.717, 1.165) is 12.0 Å². The molecule has 3 heteroatoms. The van der Waals surface area contributed by atoms with Crippen molar-refractivity contribution in [1.29, 1.82) is 0 Å². The Morgan fingerprint density at radius 1 is 1.31 bits per heavy atom. The maximum atomic E-state index is 5.86. The van der Waals surface area contributed by atoms with Crippen LogP contribution in [0.5, 0.6) is 0 Å². The molecular weight excluding hydrogens is 184 g/mol. The van der Waals surface area contributed by atoms with Crippen LogP contribution in [0, 0.1) is 0 Å². The minimum absolute atomic E-state index is 0.555. The summed E-state index contributed by atoms with van der Waals surface area (Å²) >= 11 is 5.86. The van der Waals surface area contributed by atoms with Gasteiger partial charge in [0.1, 0.15) is 0 Å². The zero-order chi connectivity index (χ0) is 9.52. The lowest BCUT2D eigenvalue weighted by Crippen LogP contribution is -1.91. The number of aromatic nitrogens is 2. The second kappa shape index (κ2) is 5.92. The molecule has 0 saturated carbocycles. The Kier molecular flexibility index (Phi) is 4.76. The van der Waals surface area contributed by atoms with Gasteiger partial charge in [0.25, 0.3) is 0 Å². The lowest BCUT2D eigenvalue weighted by molar-refractivity contribution is 0.665. The Morgan fingerprint density at radius 3 is 2.85 bits per heavy atom. The SMILES string of the molecule is CCCCCCc1ccnnc1Cl. The van der Waals surface area contributed by atoms with Crippen molar-refractivity contribution in [2.24, 2.45) is 0 Å². The minimum atomic E-state index is 0.555. The standard InChI is InChI=1S/C10H15ClN2/c1-2-3-4-5-6-9-7-8-12-13-10(9)11/h7-8H,2-6H2,1H3. The summed E-state index contributed by atoms with van der Waals surface area (Å²) in [5, 5.41) is 8.06. The van der Waals surface area contributed by atoms with E-state index in [1.807, 2.05) is 6.07 Å². The maximum absolute atomic E-state index is 5.86. The van der Waals surface area contributed by atoms with Crippen LogP contribution in [-0.2, 0) is 6.42 Å². The number of hydrogen-bond acceptors (Lipinski definition) is 2. The third kappa shape index (κ3) is 3.73. The zero-order valence-electron chi connectivity index (χ0n) is 7.96. The molecule has 0 aliphatic carbocycles. The summed E-state index contributed by atoms with van der Waals surface area (Å²) in [6, 6.07) is 1.95. The number of nitrogens with zero attached hydrogens (tertiary/aromatic N) is 2. The summed E-state index contributed by atoms with van der Waals surface area (Å²) in [6.45, 7) is 2.21. The van der Waals surface area contributed by atoms with Gasteiger partial charge in [-0.1, -0.05) is 37.8 Å². The highest BCUT2D eigenvalue weighted by atomic mass is 35.5.